The Balaban J connectivity index is 1.78. The molecule has 9 heteroatoms. The third-order valence-corrected chi connectivity index (χ3v) is 3.37. The number of nitrogens with one attached hydrogen (secondary N) is 1. The maximum atomic E-state index is 9.65. The van der Waals surface area contributed by atoms with E-state index in [1.807, 2.05) is 35.2 Å². The number of benzene rings is 1. The molecule has 2 heterocycles. The second kappa shape index (κ2) is 7.66. The zero-order valence-corrected chi connectivity index (χ0v) is 13.3. The van der Waals surface area contributed by atoms with Crippen LogP contribution in [0.1, 0.15) is 5.56 Å². The summed E-state index contributed by atoms with van der Waals surface area (Å²) >= 11 is 0. The van der Waals surface area contributed by atoms with E-state index >= 15 is 0 Å². The van der Waals surface area contributed by atoms with E-state index < -0.39 is 0 Å². The van der Waals surface area contributed by atoms with Crippen LogP contribution in [0.15, 0.2) is 35.4 Å². The zero-order chi connectivity index (χ0) is 16.8. The highest BCUT2D eigenvalue weighted by molar-refractivity contribution is 5.79. The lowest BCUT2D eigenvalue weighted by Gasteiger charge is -2.27. The molecule has 1 aromatic heterocycles. The van der Waals surface area contributed by atoms with Crippen molar-refractivity contribution in [3.05, 3.63) is 35.9 Å². The number of hydrazone groups is 1. The number of rotatable bonds is 5. The van der Waals surface area contributed by atoms with Crippen molar-refractivity contribution in [3.63, 3.8) is 0 Å². The lowest BCUT2D eigenvalue weighted by Crippen LogP contribution is -2.37. The van der Waals surface area contributed by atoms with E-state index in [0.717, 1.165) is 10.6 Å². The average Bonchev–Trinajstić information content (AvgIpc) is 2.63. The second-order valence-electron chi connectivity index (χ2n) is 5.16. The van der Waals surface area contributed by atoms with Crippen molar-refractivity contribution in [1.29, 1.82) is 0 Å². The number of ether oxygens (including phenoxy) is 1. The Labute approximate surface area is 139 Å². The molecule has 1 aliphatic rings. The van der Waals surface area contributed by atoms with Gasteiger partial charge in [-0.05, 0) is 5.56 Å². The molecule has 0 amide bonds. The highest BCUT2D eigenvalue weighted by Crippen LogP contribution is 2.16. The lowest BCUT2D eigenvalue weighted by molar-refractivity contribution is 0.122. The van der Waals surface area contributed by atoms with E-state index in [4.69, 9.17) is 4.74 Å². The van der Waals surface area contributed by atoms with Crippen molar-refractivity contribution >= 4 is 24.1 Å². The normalized spacial score (nSPS) is 14.8. The third-order valence-electron chi connectivity index (χ3n) is 3.37. The van der Waals surface area contributed by atoms with Crippen LogP contribution in [0.5, 0.6) is 0 Å². The molecule has 0 radical (unpaired) electrons. The minimum Gasteiger partial charge on any atom is -0.378 e. The molecule has 0 aliphatic carbocycles. The summed E-state index contributed by atoms with van der Waals surface area (Å²) < 4.78 is 5.33. The third kappa shape index (κ3) is 4.15. The zero-order valence-electron chi connectivity index (χ0n) is 13.3. The number of morpholine rings is 1. The monoisotopic (exact) mass is 329 g/mol. The standard InChI is InChI=1S/C15H19N7O2/c1-21(23)14-17-13(20-16-11-12-5-3-2-4-6-12)18-15(19-14)22-7-9-24-10-8-22/h2-6,11,23H,7-10H2,1H3,(H,17,18,19,20)/b16-11-. The summed E-state index contributed by atoms with van der Waals surface area (Å²) in [7, 11) is 1.45. The first-order valence-electron chi connectivity index (χ1n) is 7.58. The van der Waals surface area contributed by atoms with Crippen molar-refractivity contribution in [2.75, 3.05) is 48.7 Å². The predicted octanol–water partition coefficient (Wildman–Crippen LogP) is 0.980. The molecule has 24 heavy (non-hydrogen) atoms. The molecule has 9 nitrogen and oxygen atoms in total. The Kier molecular flexibility index (Phi) is 5.14. The van der Waals surface area contributed by atoms with Gasteiger partial charge in [-0.15, -0.1) is 0 Å². The van der Waals surface area contributed by atoms with Gasteiger partial charge in [-0.1, -0.05) is 30.3 Å². The minimum absolute atomic E-state index is 0.143. The van der Waals surface area contributed by atoms with Crippen LogP contribution in [-0.2, 0) is 4.74 Å². The van der Waals surface area contributed by atoms with Gasteiger partial charge in [0.2, 0.25) is 11.9 Å². The van der Waals surface area contributed by atoms with Gasteiger partial charge in [-0.25, -0.2) is 10.5 Å². The Bertz CT molecular complexity index is 687. The van der Waals surface area contributed by atoms with Crippen LogP contribution in [0, 0.1) is 0 Å². The average molecular weight is 329 g/mol. The Morgan fingerprint density at radius 1 is 1.21 bits per heavy atom. The maximum Gasteiger partial charge on any atom is 0.255 e. The number of nitrogens with zero attached hydrogens (tertiary/aromatic N) is 6. The second-order valence-corrected chi connectivity index (χ2v) is 5.16. The van der Waals surface area contributed by atoms with Crippen LogP contribution in [0.3, 0.4) is 0 Å². The number of aromatic nitrogens is 3. The molecular formula is C15H19N7O2. The van der Waals surface area contributed by atoms with Crippen molar-refractivity contribution in [2.45, 2.75) is 0 Å². The molecule has 0 bridgehead atoms. The van der Waals surface area contributed by atoms with E-state index in [9.17, 15) is 5.21 Å². The molecule has 0 unspecified atom stereocenters. The van der Waals surface area contributed by atoms with Crippen molar-refractivity contribution in [3.8, 4) is 0 Å². The topological polar surface area (TPSA) is 99.0 Å². The van der Waals surface area contributed by atoms with Crippen LogP contribution in [-0.4, -0.2) is 59.7 Å². The minimum atomic E-state index is 0.143. The first-order chi connectivity index (χ1) is 11.7. The van der Waals surface area contributed by atoms with Crippen molar-refractivity contribution in [1.82, 2.24) is 15.0 Å². The summed E-state index contributed by atoms with van der Waals surface area (Å²) in [6.07, 6.45) is 1.67. The number of hydroxylamine groups is 1. The van der Waals surface area contributed by atoms with E-state index in [1.165, 1.54) is 7.05 Å². The van der Waals surface area contributed by atoms with Gasteiger partial charge in [0.05, 0.1) is 19.4 Å². The molecule has 3 rings (SSSR count). The molecule has 2 aromatic rings. The fourth-order valence-electron chi connectivity index (χ4n) is 2.16. The van der Waals surface area contributed by atoms with Crippen LogP contribution in [0.25, 0.3) is 0 Å². The molecule has 126 valence electrons. The number of hydrogen-bond acceptors (Lipinski definition) is 9. The SMILES string of the molecule is CN(O)c1nc(N/N=C\c2ccccc2)nc(N2CCOCC2)n1. The van der Waals surface area contributed by atoms with Gasteiger partial charge < -0.3 is 9.64 Å². The van der Waals surface area contributed by atoms with Gasteiger partial charge in [-0.2, -0.15) is 20.1 Å². The van der Waals surface area contributed by atoms with Gasteiger partial charge in [0, 0.05) is 20.1 Å². The van der Waals surface area contributed by atoms with E-state index in [2.05, 4.69) is 25.5 Å². The first-order valence-corrected chi connectivity index (χ1v) is 7.58. The molecule has 1 aromatic carbocycles. The molecule has 1 saturated heterocycles. The summed E-state index contributed by atoms with van der Waals surface area (Å²) in [6.45, 7) is 2.60. The Hall–Kier alpha value is -2.78. The molecule has 1 fully saturated rings. The smallest absolute Gasteiger partial charge is 0.255 e. The van der Waals surface area contributed by atoms with Gasteiger partial charge in [0.1, 0.15) is 0 Å². The number of hydrogen-bond donors (Lipinski definition) is 2. The molecule has 0 atom stereocenters. The summed E-state index contributed by atoms with van der Waals surface area (Å²) in [4.78, 5) is 14.7. The number of anilines is 3. The quantitative estimate of drug-likeness (QED) is 0.619. The Morgan fingerprint density at radius 3 is 2.67 bits per heavy atom. The molecule has 2 N–H and O–H groups in total. The summed E-state index contributed by atoms with van der Waals surface area (Å²) in [5.74, 6) is 0.875. The highest BCUT2D eigenvalue weighted by atomic mass is 16.5. The molecule has 0 spiro atoms. The largest absolute Gasteiger partial charge is 0.378 e. The van der Waals surface area contributed by atoms with Gasteiger partial charge in [-0.3, -0.25) is 5.21 Å². The lowest BCUT2D eigenvalue weighted by atomic mass is 10.2. The maximum absolute atomic E-state index is 9.65. The van der Waals surface area contributed by atoms with Crippen LogP contribution in [0.4, 0.5) is 17.8 Å². The predicted molar refractivity (Wildman–Crippen MR) is 90.7 cm³/mol. The molecule has 1 aliphatic heterocycles. The van der Waals surface area contributed by atoms with Gasteiger partial charge in [0.25, 0.3) is 5.95 Å². The van der Waals surface area contributed by atoms with E-state index in [0.29, 0.717) is 32.3 Å². The fourth-order valence-corrected chi connectivity index (χ4v) is 2.16. The van der Waals surface area contributed by atoms with E-state index in [1.54, 1.807) is 6.21 Å². The summed E-state index contributed by atoms with van der Waals surface area (Å²) in [5.41, 5.74) is 3.73. The Morgan fingerprint density at radius 2 is 1.96 bits per heavy atom. The van der Waals surface area contributed by atoms with Crippen molar-refractivity contribution < 1.29 is 9.94 Å². The molecular weight excluding hydrogens is 310 g/mol. The van der Waals surface area contributed by atoms with E-state index in [-0.39, 0.29) is 11.9 Å². The van der Waals surface area contributed by atoms with Crippen molar-refractivity contribution in [2.24, 2.45) is 5.10 Å². The summed E-state index contributed by atoms with van der Waals surface area (Å²) in [6, 6.07) is 9.67. The first kappa shape index (κ1) is 16.1. The van der Waals surface area contributed by atoms with Gasteiger partial charge >= 0.3 is 0 Å². The highest BCUT2D eigenvalue weighted by Gasteiger charge is 2.17. The van der Waals surface area contributed by atoms with Crippen LogP contribution in [0.2, 0.25) is 0 Å². The fraction of sp³-hybridized carbons (Fsp3) is 0.333. The van der Waals surface area contributed by atoms with Gasteiger partial charge in [0.15, 0.2) is 0 Å². The summed E-state index contributed by atoms with van der Waals surface area (Å²) in [5, 5.41) is 14.6. The van der Waals surface area contributed by atoms with Crippen LogP contribution < -0.4 is 15.4 Å². The molecule has 0 saturated carbocycles. The van der Waals surface area contributed by atoms with Crippen LogP contribution >= 0.6 is 0 Å².